The highest BCUT2D eigenvalue weighted by atomic mass is 127. The van der Waals surface area contributed by atoms with Crippen molar-refractivity contribution in [1.82, 2.24) is 5.43 Å². The zero-order chi connectivity index (χ0) is 18.9. The van der Waals surface area contributed by atoms with E-state index in [0.29, 0.717) is 5.75 Å². The normalized spacial score (nSPS) is 10.6. The van der Waals surface area contributed by atoms with Crippen LogP contribution in [0.5, 0.6) is 11.5 Å². The van der Waals surface area contributed by atoms with Crippen molar-refractivity contribution in [2.24, 2.45) is 5.10 Å². The van der Waals surface area contributed by atoms with Gasteiger partial charge in [-0.1, -0.05) is 30.3 Å². The number of para-hydroxylation sites is 1. The molecule has 6 heteroatoms. The number of ether oxygens (including phenoxy) is 1. The van der Waals surface area contributed by atoms with Gasteiger partial charge in [-0.15, -0.1) is 0 Å². The standard InChI is InChI=1S/C21H18IN3O2/c22-17-9-11-18(12-10-17)23-15-21(26)25-24-14-16-5-4-8-20(13-16)27-19-6-2-1-3-7-19/h1-14,23H,15H2,(H,25,26). The number of halogens is 1. The number of nitrogens with one attached hydrogen (secondary N) is 2. The van der Waals surface area contributed by atoms with E-state index in [1.807, 2.05) is 78.9 Å². The number of rotatable bonds is 7. The minimum Gasteiger partial charge on any atom is -0.457 e. The fourth-order valence-corrected chi connectivity index (χ4v) is 2.61. The van der Waals surface area contributed by atoms with E-state index in [2.05, 4.69) is 38.4 Å². The lowest BCUT2D eigenvalue weighted by molar-refractivity contribution is -0.119. The number of carbonyl (C=O) groups is 1. The van der Waals surface area contributed by atoms with E-state index in [1.165, 1.54) is 0 Å². The molecular formula is C21H18IN3O2. The molecule has 2 N–H and O–H groups in total. The molecule has 27 heavy (non-hydrogen) atoms. The van der Waals surface area contributed by atoms with Gasteiger partial charge in [-0.2, -0.15) is 5.10 Å². The molecule has 5 nitrogen and oxygen atoms in total. The molecule has 0 saturated carbocycles. The SMILES string of the molecule is O=C(CNc1ccc(I)cc1)NN=Cc1cccc(Oc2ccccc2)c1. The van der Waals surface area contributed by atoms with Crippen LogP contribution in [-0.2, 0) is 4.79 Å². The predicted molar refractivity (Wildman–Crippen MR) is 116 cm³/mol. The van der Waals surface area contributed by atoms with Crippen molar-refractivity contribution in [3.8, 4) is 11.5 Å². The predicted octanol–water partition coefficient (Wildman–Crippen LogP) is 4.65. The fourth-order valence-electron chi connectivity index (χ4n) is 2.25. The van der Waals surface area contributed by atoms with Gasteiger partial charge in [-0.05, 0) is 76.7 Å². The summed E-state index contributed by atoms with van der Waals surface area (Å²) in [6.45, 7) is 0.148. The average Bonchev–Trinajstić information content (AvgIpc) is 2.69. The first-order valence-electron chi connectivity index (χ1n) is 8.33. The van der Waals surface area contributed by atoms with Crippen molar-refractivity contribution in [2.75, 3.05) is 11.9 Å². The number of benzene rings is 3. The summed E-state index contributed by atoms with van der Waals surface area (Å²) in [5, 5.41) is 7.04. The second-order valence-electron chi connectivity index (χ2n) is 5.64. The second kappa shape index (κ2) is 9.72. The fraction of sp³-hybridized carbons (Fsp3) is 0.0476. The molecule has 0 aliphatic rings. The Morgan fingerprint density at radius 3 is 2.48 bits per heavy atom. The molecule has 0 fully saturated rings. The van der Waals surface area contributed by atoms with E-state index in [9.17, 15) is 4.79 Å². The van der Waals surface area contributed by atoms with Gasteiger partial charge >= 0.3 is 0 Å². The van der Waals surface area contributed by atoms with Crippen LogP contribution in [0.4, 0.5) is 5.69 Å². The van der Waals surface area contributed by atoms with Crippen LogP contribution in [0.25, 0.3) is 0 Å². The molecule has 0 aromatic heterocycles. The van der Waals surface area contributed by atoms with Crippen molar-refractivity contribution in [3.05, 3.63) is 88.0 Å². The van der Waals surface area contributed by atoms with Crippen LogP contribution >= 0.6 is 22.6 Å². The summed E-state index contributed by atoms with van der Waals surface area (Å²) < 4.78 is 6.93. The van der Waals surface area contributed by atoms with Gasteiger partial charge in [-0.3, -0.25) is 4.79 Å². The van der Waals surface area contributed by atoms with E-state index >= 15 is 0 Å². The summed E-state index contributed by atoms with van der Waals surface area (Å²) in [5.41, 5.74) is 4.22. The molecule has 3 aromatic carbocycles. The highest BCUT2D eigenvalue weighted by molar-refractivity contribution is 14.1. The molecule has 0 saturated heterocycles. The zero-order valence-electron chi connectivity index (χ0n) is 14.4. The molecule has 0 heterocycles. The van der Waals surface area contributed by atoms with E-state index < -0.39 is 0 Å². The van der Waals surface area contributed by atoms with Crippen LogP contribution in [0.3, 0.4) is 0 Å². The first-order chi connectivity index (χ1) is 13.2. The van der Waals surface area contributed by atoms with E-state index in [-0.39, 0.29) is 12.5 Å². The van der Waals surface area contributed by atoms with Crippen molar-refractivity contribution in [3.63, 3.8) is 0 Å². The van der Waals surface area contributed by atoms with Gasteiger partial charge in [0.15, 0.2) is 0 Å². The maximum Gasteiger partial charge on any atom is 0.259 e. The van der Waals surface area contributed by atoms with Gasteiger partial charge in [0, 0.05) is 9.26 Å². The quantitative estimate of drug-likeness (QED) is 0.300. The monoisotopic (exact) mass is 471 g/mol. The number of anilines is 1. The van der Waals surface area contributed by atoms with Gasteiger partial charge in [0.25, 0.3) is 5.91 Å². The second-order valence-corrected chi connectivity index (χ2v) is 6.89. The van der Waals surface area contributed by atoms with E-state index in [1.54, 1.807) is 6.21 Å². The Kier molecular flexibility index (Phi) is 6.81. The van der Waals surface area contributed by atoms with Gasteiger partial charge in [0.1, 0.15) is 11.5 Å². The third-order valence-electron chi connectivity index (χ3n) is 3.54. The summed E-state index contributed by atoms with van der Waals surface area (Å²) in [7, 11) is 0. The number of amides is 1. The molecule has 0 aliphatic carbocycles. The van der Waals surface area contributed by atoms with E-state index in [0.717, 1.165) is 20.6 Å². The van der Waals surface area contributed by atoms with E-state index in [4.69, 9.17) is 4.74 Å². The number of nitrogens with zero attached hydrogens (tertiary/aromatic N) is 1. The molecule has 3 rings (SSSR count). The highest BCUT2D eigenvalue weighted by Gasteiger charge is 2.00. The number of carbonyl (C=O) groups excluding carboxylic acids is 1. The smallest absolute Gasteiger partial charge is 0.259 e. The molecule has 0 spiro atoms. The van der Waals surface area contributed by atoms with Crippen molar-refractivity contribution in [2.45, 2.75) is 0 Å². The average molecular weight is 471 g/mol. The van der Waals surface area contributed by atoms with Gasteiger partial charge < -0.3 is 10.1 Å². The molecular weight excluding hydrogens is 453 g/mol. The summed E-state index contributed by atoms with van der Waals surface area (Å²) in [5.74, 6) is 1.25. The lowest BCUT2D eigenvalue weighted by Crippen LogP contribution is -2.25. The maximum atomic E-state index is 11.9. The van der Waals surface area contributed by atoms with Crippen LogP contribution in [0, 0.1) is 3.57 Å². The molecule has 0 aliphatic heterocycles. The highest BCUT2D eigenvalue weighted by Crippen LogP contribution is 2.21. The van der Waals surface area contributed by atoms with Crippen LogP contribution in [0.2, 0.25) is 0 Å². The zero-order valence-corrected chi connectivity index (χ0v) is 16.6. The molecule has 0 atom stereocenters. The first kappa shape index (κ1) is 18.9. The summed E-state index contributed by atoms with van der Waals surface area (Å²) in [6, 6.07) is 24.8. The Balaban J connectivity index is 1.49. The summed E-state index contributed by atoms with van der Waals surface area (Å²) in [4.78, 5) is 11.9. The lowest BCUT2D eigenvalue weighted by atomic mass is 10.2. The topological polar surface area (TPSA) is 62.7 Å². The summed E-state index contributed by atoms with van der Waals surface area (Å²) in [6.07, 6.45) is 1.58. The van der Waals surface area contributed by atoms with Crippen molar-refractivity contribution >= 4 is 40.4 Å². The molecule has 0 bridgehead atoms. The Bertz CT molecular complexity index is 912. The summed E-state index contributed by atoms with van der Waals surface area (Å²) >= 11 is 2.24. The molecule has 0 radical (unpaired) electrons. The minimum absolute atomic E-state index is 0.148. The lowest BCUT2D eigenvalue weighted by Gasteiger charge is -2.06. The minimum atomic E-state index is -0.221. The largest absolute Gasteiger partial charge is 0.457 e. The number of hydrazone groups is 1. The molecule has 1 amide bonds. The molecule has 3 aromatic rings. The first-order valence-corrected chi connectivity index (χ1v) is 9.41. The van der Waals surface area contributed by atoms with Gasteiger partial charge in [0.2, 0.25) is 0 Å². The Morgan fingerprint density at radius 2 is 1.70 bits per heavy atom. The van der Waals surface area contributed by atoms with Crippen LogP contribution in [0.15, 0.2) is 84.0 Å². The number of hydrogen-bond donors (Lipinski definition) is 2. The molecule has 0 unspecified atom stereocenters. The third kappa shape index (κ3) is 6.41. The van der Waals surface area contributed by atoms with Gasteiger partial charge in [0.05, 0.1) is 12.8 Å². The van der Waals surface area contributed by atoms with Crippen LogP contribution < -0.4 is 15.5 Å². The maximum absolute atomic E-state index is 11.9. The van der Waals surface area contributed by atoms with Crippen molar-refractivity contribution < 1.29 is 9.53 Å². The van der Waals surface area contributed by atoms with Gasteiger partial charge in [-0.25, -0.2) is 5.43 Å². The van der Waals surface area contributed by atoms with Crippen LogP contribution in [-0.4, -0.2) is 18.7 Å². The van der Waals surface area contributed by atoms with Crippen LogP contribution in [0.1, 0.15) is 5.56 Å². The third-order valence-corrected chi connectivity index (χ3v) is 4.26. The van der Waals surface area contributed by atoms with Crippen molar-refractivity contribution in [1.29, 1.82) is 0 Å². The Hall–Kier alpha value is -2.87. The Labute approximate surface area is 171 Å². The number of hydrogen-bond acceptors (Lipinski definition) is 4. The molecule has 136 valence electrons. The Morgan fingerprint density at radius 1 is 0.963 bits per heavy atom.